The van der Waals surface area contributed by atoms with Crippen molar-refractivity contribution in [3.8, 4) is 5.75 Å². The Balaban J connectivity index is 1.85. The summed E-state index contributed by atoms with van der Waals surface area (Å²) in [7, 11) is -3.39. The van der Waals surface area contributed by atoms with Crippen LogP contribution in [-0.4, -0.2) is 44.9 Å². The first kappa shape index (κ1) is 18.7. The van der Waals surface area contributed by atoms with Crippen LogP contribution in [0, 0.1) is 5.41 Å². The largest absolute Gasteiger partial charge is 0.492 e. The van der Waals surface area contributed by atoms with Crippen LogP contribution in [-0.2, 0) is 14.8 Å². The highest BCUT2D eigenvalue weighted by molar-refractivity contribution is 7.89. The van der Waals surface area contributed by atoms with Gasteiger partial charge in [-0.15, -0.1) is 0 Å². The zero-order valence-corrected chi connectivity index (χ0v) is 15.4. The van der Waals surface area contributed by atoms with Gasteiger partial charge < -0.3 is 10.1 Å². The summed E-state index contributed by atoms with van der Waals surface area (Å²) >= 11 is 0. The number of sulfonamides is 1. The SMILES string of the molecule is CC(C)(C)C(=O)NCCOc1ccc(S(=O)(=O)N2CCCC2)cc1. The molecule has 1 saturated heterocycles. The Kier molecular flexibility index (Phi) is 5.87. The van der Waals surface area contributed by atoms with Gasteiger partial charge >= 0.3 is 0 Å². The van der Waals surface area contributed by atoms with E-state index in [0.29, 0.717) is 32.0 Å². The third-order valence-electron chi connectivity index (χ3n) is 3.86. The minimum absolute atomic E-state index is 0.0295. The highest BCUT2D eigenvalue weighted by Gasteiger charge is 2.27. The first-order chi connectivity index (χ1) is 11.2. The summed E-state index contributed by atoms with van der Waals surface area (Å²) in [6.07, 6.45) is 1.83. The second kappa shape index (κ2) is 7.53. The molecule has 0 aromatic heterocycles. The molecule has 1 amide bonds. The normalized spacial score (nSPS) is 16.1. The van der Waals surface area contributed by atoms with E-state index in [-0.39, 0.29) is 10.8 Å². The minimum Gasteiger partial charge on any atom is -0.492 e. The van der Waals surface area contributed by atoms with Crippen LogP contribution >= 0.6 is 0 Å². The van der Waals surface area contributed by atoms with E-state index in [1.165, 1.54) is 4.31 Å². The minimum atomic E-state index is -3.39. The number of ether oxygens (including phenoxy) is 1. The van der Waals surface area contributed by atoms with E-state index < -0.39 is 15.4 Å². The van der Waals surface area contributed by atoms with Crippen molar-refractivity contribution in [1.29, 1.82) is 0 Å². The molecular formula is C17H26N2O4S. The number of hydrogen-bond donors (Lipinski definition) is 1. The van der Waals surface area contributed by atoms with Crippen molar-refractivity contribution in [2.24, 2.45) is 5.41 Å². The molecule has 1 fully saturated rings. The summed E-state index contributed by atoms with van der Waals surface area (Å²) in [6.45, 7) is 7.47. The van der Waals surface area contributed by atoms with Crippen LogP contribution < -0.4 is 10.1 Å². The Morgan fingerprint density at radius 2 is 1.75 bits per heavy atom. The van der Waals surface area contributed by atoms with Crippen LogP contribution in [0.1, 0.15) is 33.6 Å². The quantitative estimate of drug-likeness (QED) is 0.793. The number of carbonyl (C=O) groups is 1. The summed E-state index contributed by atoms with van der Waals surface area (Å²) in [5.41, 5.74) is -0.425. The molecule has 1 aliphatic heterocycles. The van der Waals surface area contributed by atoms with Crippen molar-refractivity contribution in [1.82, 2.24) is 9.62 Å². The van der Waals surface area contributed by atoms with Gasteiger partial charge in [-0.3, -0.25) is 4.79 Å². The lowest BCUT2D eigenvalue weighted by Crippen LogP contribution is -2.37. The molecule has 24 heavy (non-hydrogen) atoms. The molecule has 7 heteroatoms. The van der Waals surface area contributed by atoms with Crippen molar-refractivity contribution in [3.63, 3.8) is 0 Å². The third-order valence-corrected chi connectivity index (χ3v) is 5.78. The highest BCUT2D eigenvalue weighted by Crippen LogP contribution is 2.22. The molecule has 1 heterocycles. The second-order valence-corrected chi connectivity index (χ2v) is 8.87. The molecular weight excluding hydrogens is 328 g/mol. The van der Waals surface area contributed by atoms with Gasteiger partial charge in [-0.1, -0.05) is 20.8 Å². The number of benzene rings is 1. The van der Waals surface area contributed by atoms with Gasteiger partial charge in [0.1, 0.15) is 12.4 Å². The number of hydrogen-bond acceptors (Lipinski definition) is 4. The predicted octanol–water partition coefficient (Wildman–Crippen LogP) is 2.01. The van der Waals surface area contributed by atoms with Gasteiger partial charge in [-0.2, -0.15) is 4.31 Å². The van der Waals surface area contributed by atoms with E-state index in [9.17, 15) is 13.2 Å². The molecule has 1 aromatic carbocycles. The van der Waals surface area contributed by atoms with E-state index in [1.807, 2.05) is 20.8 Å². The lowest BCUT2D eigenvalue weighted by Gasteiger charge is -2.18. The van der Waals surface area contributed by atoms with Crippen molar-refractivity contribution < 1.29 is 17.9 Å². The smallest absolute Gasteiger partial charge is 0.243 e. The highest BCUT2D eigenvalue weighted by atomic mass is 32.2. The average Bonchev–Trinajstić information content (AvgIpc) is 3.06. The van der Waals surface area contributed by atoms with Crippen LogP contribution in [0.5, 0.6) is 5.75 Å². The van der Waals surface area contributed by atoms with Gasteiger partial charge in [0.05, 0.1) is 11.4 Å². The molecule has 0 saturated carbocycles. The van der Waals surface area contributed by atoms with E-state index in [1.54, 1.807) is 24.3 Å². The second-order valence-electron chi connectivity index (χ2n) is 6.94. The molecule has 1 N–H and O–H groups in total. The summed E-state index contributed by atoms with van der Waals surface area (Å²) in [4.78, 5) is 12.0. The molecule has 0 atom stereocenters. The van der Waals surface area contributed by atoms with Crippen LogP contribution in [0.3, 0.4) is 0 Å². The number of rotatable bonds is 6. The molecule has 134 valence electrons. The molecule has 2 rings (SSSR count). The zero-order chi connectivity index (χ0) is 17.8. The third kappa shape index (κ3) is 4.70. The predicted molar refractivity (Wildman–Crippen MR) is 92.4 cm³/mol. The number of amides is 1. The Labute approximate surface area is 144 Å². The number of nitrogens with one attached hydrogen (secondary N) is 1. The van der Waals surface area contributed by atoms with Gasteiger partial charge in [-0.25, -0.2) is 8.42 Å². The molecule has 0 radical (unpaired) electrons. The average molecular weight is 354 g/mol. The Morgan fingerprint density at radius 1 is 1.17 bits per heavy atom. The van der Waals surface area contributed by atoms with Crippen molar-refractivity contribution >= 4 is 15.9 Å². The molecule has 0 unspecified atom stereocenters. The topological polar surface area (TPSA) is 75.7 Å². The van der Waals surface area contributed by atoms with Crippen LogP contribution in [0.15, 0.2) is 29.2 Å². The van der Waals surface area contributed by atoms with Gasteiger partial charge in [0.15, 0.2) is 0 Å². The van der Waals surface area contributed by atoms with Gasteiger partial charge in [0, 0.05) is 18.5 Å². The molecule has 0 spiro atoms. The van der Waals surface area contributed by atoms with Crippen LogP contribution in [0.2, 0.25) is 0 Å². The van der Waals surface area contributed by atoms with Crippen LogP contribution in [0.25, 0.3) is 0 Å². The maximum Gasteiger partial charge on any atom is 0.243 e. The van der Waals surface area contributed by atoms with E-state index in [4.69, 9.17) is 4.74 Å². The summed E-state index contributed by atoms with van der Waals surface area (Å²) < 4.78 is 31.9. The maximum absolute atomic E-state index is 12.4. The maximum atomic E-state index is 12.4. The fourth-order valence-electron chi connectivity index (χ4n) is 2.38. The first-order valence-electron chi connectivity index (χ1n) is 8.22. The first-order valence-corrected chi connectivity index (χ1v) is 9.66. The fourth-order valence-corrected chi connectivity index (χ4v) is 3.90. The Morgan fingerprint density at radius 3 is 2.29 bits per heavy atom. The number of carbonyl (C=O) groups excluding carboxylic acids is 1. The van der Waals surface area contributed by atoms with Gasteiger partial charge in [0.25, 0.3) is 0 Å². The molecule has 6 nitrogen and oxygen atoms in total. The van der Waals surface area contributed by atoms with Crippen LogP contribution in [0.4, 0.5) is 0 Å². The van der Waals surface area contributed by atoms with Crippen molar-refractivity contribution in [3.05, 3.63) is 24.3 Å². The standard InChI is InChI=1S/C17H26N2O4S/c1-17(2,3)16(20)18-10-13-23-14-6-8-15(9-7-14)24(21,22)19-11-4-5-12-19/h6-9H,4-5,10-13H2,1-3H3,(H,18,20). The summed E-state index contributed by atoms with van der Waals surface area (Å²) in [5.74, 6) is 0.554. The molecule has 1 aromatic rings. The van der Waals surface area contributed by atoms with Gasteiger partial charge in [-0.05, 0) is 37.1 Å². The Bertz CT molecular complexity index is 657. The number of nitrogens with zero attached hydrogens (tertiary/aromatic N) is 1. The van der Waals surface area contributed by atoms with Gasteiger partial charge in [0.2, 0.25) is 15.9 Å². The summed E-state index contributed by atoms with van der Waals surface area (Å²) in [5, 5.41) is 2.80. The van der Waals surface area contributed by atoms with E-state index >= 15 is 0 Å². The lowest BCUT2D eigenvalue weighted by atomic mass is 9.96. The summed E-state index contributed by atoms with van der Waals surface area (Å²) in [6, 6.07) is 6.43. The molecule has 0 aliphatic carbocycles. The molecule has 1 aliphatic rings. The molecule has 0 bridgehead atoms. The van der Waals surface area contributed by atoms with Crippen molar-refractivity contribution in [2.45, 2.75) is 38.5 Å². The van der Waals surface area contributed by atoms with Crippen molar-refractivity contribution in [2.75, 3.05) is 26.2 Å². The van der Waals surface area contributed by atoms with E-state index in [2.05, 4.69) is 5.32 Å². The monoisotopic (exact) mass is 354 g/mol. The Hall–Kier alpha value is -1.60. The fraction of sp³-hybridized carbons (Fsp3) is 0.588. The zero-order valence-electron chi connectivity index (χ0n) is 14.5. The van der Waals surface area contributed by atoms with E-state index in [0.717, 1.165) is 12.8 Å². The lowest BCUT2D eigenvalue weighted by molar-refractivity contribution is -0.128.